The quantitative estimate of drug-likeness (QED) is 0.800. The van der Waals surface area contributed by atoms with E-state index in [-0.39, 0.29) is 0 Å². The van der Waals surface area contributed by atoms with E-state index in [1.165, 1.54) is 30.2 Å². The molecule has 1 fully saturated rings. The highest BCUT2D eigenvalue weighted by Gasteiger charge is 2.35. The van der Waals surface area contributed by atoms with Gasteiger partial charge in [0.25, 0.3) is 0 Å². The summed E-state index contributed by atoms with van der Waals surface area (Å²) in [5, 5.41) is 4.74. The van der Waals surface area contributed by atoms with E-state index in [1.54, 1.807) is 0 Å². The lowest BCUT2D eigenvalue weighted by Gasteiger charge is -2.33. The zero-order valence-corrected chi connectivity index (χ0v) is 10.9. The standard InChI is InChI=1S/C12H22N2S/c1-4-12(5-2)7-13-11(15-8-12)14-10-6-9(10)3/h9-10H,4-8H2,1-3H3,(H,13,14). The van der Waals surface area contributed by atoms with E-state index in [1.807, 2.05) is 11.8 Å². The van der Waals surface area contributed by atoms with E-state index < -0.39 is 0 Å². The van der Waals surface area contributed by atoms with Crippen molar-refractivity contribution in [3.8, 4) is 0 Å². The Morgan fingerprint density at radius 3 is 2.53 bits per heavy atom. The van der Waals surface area contributed by atoms with Crippen molar-refractivity contribution in [3.63, 3.8) is 0 Å². The molecular weight excluding hydrogens is 204 g/mol. The first-order valence-corrected chi connectivity index (χ1v) is 7.11. The van der Waals surface area contributed by atoms with Gasteiger partial charge in [0.05, 0.1) is 0 Å². The molecule has 0 amide bonds. The molecule has 0 aromatic heterocycles. The summed E-state index contributed by atoms with van der Waals surface area (Å²) in [6, 6.07) is 0.715. The molecule has 1 saturated carbocycles. The highest BCUT2D eigenvalue weighted by molar-refractivity contribution is 8.13. The Morgan fingerprint density at radius 2 is 2.13 bits per heavy atom. The van der Waals surface area contributed by atoms with Gasteiger partial charge in [-0.2, -0.15) is 0 Å². The minimum absolute atomic E-state index is 0.477. The number of thioether (sulfide) groups is 1. The fourth-order valence-corrected chi connectivity index (χ4v) is 3.33. The van der Waals surface area contributed by atoms with Crippen LogP contribution in [0.15, 0.2) is 4.99 Å². The summed E-state index contributed by atoms with van der Waals surface area (Å²) in [5.41, 5.74) is 0.477. The molecule has 0 radical (unpaired) electrons. The monoisotopic (exact) mass is 226 g/mol. The molecule has 0 spiro atoms. The Hall–Kier alpha value is -0.180. The molecular formula is C12H22N2S. The van der Waals surface area contributed by atoms with Gasteiger partial charge in [0.15, 0.2) is 5.17 Å². The molecule has 0 saturated heterocycles. The van der Waals surface area contributed by atoms with Crippen molar-refractivity contribution in [1.29, 1.82) is 0 Å². The summed E-state index contributed by atoms with van der Waals surface area (Å²) in [5.74, 6) is 2.10. The van der Waals surface area contributed by atoms with E-state index >= 15 is 0 Å². The number of rotatable bonds is 3. The minimum Gasteiger partial charge on any atom is -0.362 e. The van der Waals surface area contributed by atoms with E-state index in [4.69, 9.17) is 4.99 Å². The van der Waals surface area contributed by atoms with Gasteiger partial charge in [0.1, 0.15) is 0 Å². The highest BCUT2D eigenvalue weighted by atomic mass is 32.2. The second-order valence-corrected chi connectivity index (χ2v) is 6.05. The molecule has 2 unspecified atom stereocenters. The van der Waals surface area contributed by atoms with Crippen molar-refractivity contribution in [2.24, 2.45) is 16.3 Å². The van der Waals surface area contributed by atoms with Crippen LogP contribution >= 0.6 is 11.8 Å². The number of nitrogens with zero attached hydrogens (tertiary/aromatic N) is 1. The van der Waals surface area contributed by atoms with Gasteiger partial charge >= 0.3 is 0 Å². The molecule has 1 aliphatic heterocycles. The van der Waals surface area contributed by atoms with Gasteiger partial charge in [-0.3, -0.25) is 4.99 Å². The number of aliphatic imine (C=N–C) groups is 1. The second kappa shape index (κ2) is 4.36. The molecule has 2 aliphatic rings. The van der Waals surface area contributed by atoms with Crippen LogP contribution in [-0.2, 0) is 0 Å². The Labute approximate surface area is 97.3 Å². The SMILES string of the molecule is CCC1(CC)CN=C(NC2CC2C)SC1. The number of hydrogen-bond donors (Lipinski definition) is 1. The van der Waals surface area contributed by atoms with Crippen LogP contribution in [0.2, 0.25) is 0 Å². The lowest BCUT2D eigenvalue weighted by atomic mass is 9.84. The van der Waals surface area contributed by atoms with E-state index in [0.717, 1.165) is 12.5 Å². The van der Waals surface area contributed by atoms with Gasteiger partial charge in [-0.25, -0.2) is 0 Å². The van der Waals surface area contributed by atoms with E-state index in [9.17, 15) is 0 Å². The molecule has 0 aromatic rings. The van der Waals surface area contributed by atoms with Crippen LogP contribution in [0.3, 0.4) is 0 Å². The minimum atomic E-state index is 0.477. The van der Waals surface area contributed by atoms with E-state index in [0.29, 0.717) is 11.5 Å². The van der Waals surface area contributed by atoms with Gasteiger partial charge in [-0.1, -0.05) is 32.5 Å². The Morgan fingerprint density at radius 1 is 1.47 bits per heavy atom. The number of hydrogen-bond acceptors (Lipinski definition) is 3. The van der Waals surface area contributed by atoms with Gasteiger partial charge in [-0.15, -0.1) is 0 Å². The van der Waals surface area contributed by atoms with Crippen LogP contribution in [0.25, 0.3) is 0 Å². The zero-order chi connectivity index (χ0) is 10.9. The van der Waals surface area contributed by atoms with E-state index in [2.05, 4.69) is 26.1 Å². The van der Waals surface area contributed by atoms with Gasteiger partial charge < -0.3 is 5.32 Å². The van der Waals surface area contributed by atoms with Crippen molar-refractivity contribution in [2.75, 3.05) is 12.3 Å². The van der Waals surface area contributed by atoms with Crippen LogP contribution in [0, 0.1) is 11.3 Å². The first-order valence-electron chi connectivity index (χ1n) is 6.13. The average molecular weight is 226 g/mol. The second-order valence-electron chi connectivity index (χ2n) is 5.08. The van der Waals surface area contributed by atoms with Gasteiger partial charge in [0, 0.05) is 18.3 Å². The predicted octanol–water partition coefficient (Wildman–Crippen LogP) is 2.89. The summed E-state index contributed by atoms with van der Waals surface area (Å²) in [7, 11) is 0. The molecule has 1 aliphatic carbocycles. The molecule has 1 heterocycles. The molecule has 1 N–H and O–H groups in total. The maximum Gasteiger partial charge on any atom is 0.156 e. The molecule has 0 aromatic carbocycles. The highest BCUT2D eigenvalue weighted by Crippen LogP contribution is 2.36. The van der Waals surface area contributed by atoms with Crippen LogP contribution in [0.5, 0.6) is 0 Å². The summed E-state index contributed by atoms with van der Waals surface area (Å²) < 4.78 is 0. The van der Waals surface area contributed by atoms with Crippen LogP contribution in [-0.4, -0.2) is 23.5 Å². The van der Waals surface area contributed by atoms with Crippen molar-refractivity contribution >= 4 is 16.9 Å². The fraction of sp³-hybridized carbons (Fsp3) is 0.917. The maximum atomic E-state index is 4.71. The van der Waals surface area contributed by atoms with Crippen molar-refractivity contribution in [1.82, 2.24) is 5.32 Å². The summed E-state index contributed by atoms with van der Waals surface area (Å²) in [6.07, 6.45) is 3.84. The summed E-state index contributed by atoms with van der Waals surface area (Å²) >= 11 is 1.93. The largest absolute Gasteiger partial charge is 0.362 e. The van der Waals surface area contributed by atoms with Crippen LogP contribution in [0.4, 0.5) is 0 Å². The Bertz CT molecular complexity index is 258. The number of nitrogens with one attached hydrogen (secondary N) is 1. The summed E-state index contributed by atoms with van der Waals surface area (Å²) in [6.45, 7) is 7.91. The Kier molecular flexibility index (Phi) is 3.29. The van der Waals surface area contributed by atoms with Crippen LogP contribution in [0.1, 0.15) is 40.0 Å². The van der Waals surface area contributed by atoms with Gasteiger partial charge in [0.2, 0.25) is 0 Å². The third-order valence-electron chi connectivity index (χ3n) is 3.99. The smallest absolute Gasteiger partial charge is 0.156 e. The molecule has 2 nitrogen and oxygen atoms in total. The van der Waals surface area contributed by atoms with Crippen molar-refractivity contribution in [3.05, 3.63) is 0 Å². The fourth-order valence-electron chi connectivity index (χ4n) is 2.00. The molecule has 86 valence electrons. The van der Waals surface area contributed by atoms with Crippen LogP contribution < -0.4 is 5.32 Å². The van der Waals surface area contributed by atoms with Gasteiger partial charge in [-0.05, 0) is 30.6 Å². The Balaban J connectivity index is 1.87. The number of amidine groups is 1. The summed E-state index contributed by atoms with van der Waals surface area (Å²) in [4.78, 5) is 4.71. The maximum absolute atomic E-state index is 4.71. The molecule has 3 heteroatoms. The molecule has 0 bridgehead atoms. The zero-order valence-electron chi connectivity index (χ0n) is 10.0. The van der Waals surface area contributed by atoms with Crippen molar-refractivity contribution in [2.45, 2.75) is 46.1 Å². The topological polar surface area (TPSA) is 24.4 Å². The lowest BCUT2D eigenvalue weighted by Crippen LogP contribution is -2.35. The first kappa shape index (κ1) is 11.3. The first-order chi connectivity index (χ1) is 7.19. The molecule has 15 heavy (non-hydrogen) atoms. The van der Waals surface area contributed by atoms with Crippen molar-refractivity contribution < 1.29 is 0 Å². The lowest BCUT2D eigenvalue weighted by molar-refractivity contribution is 0.318. The predicted molar refractivity (Wildman–Crippen MR) is 68.5 cm³/mol. The molecule has 2 rings (SSSR count). The molecule has 2 atom stereocenters. The third-order valence-corrected chi connectivity index (χ3v) is 5.27. The normalized spacial score (nSPS) is 33.4. The average Bonchev–Trinajstić information content (AvgIpc) is 2.96. The third kappa shape index (κ3) is 2.49.